The number of aromatic nitrogens is 2. The number of hydrogen-bond acceptors (Lipinski definition) is 3. The van der Waals surface area contributed by atoms with Crippen LogP contribution in [-0.4, -0.2) is 16.8 Å². The summed E-state index contributed by atoms with van der Waals surface area (Å²) in [6.07, 6.45) is 5.34. The van der Waals surface area contributed by atoms with Crippen LogP contribution in [0.15, 0.2) is 48.5 Å². The molecule has 0 saturated heterocycles. The molecule has 0 amide bonds. The lowest BCUT2D eigenvalue weighted by Crippen LogP contribution is -2.05. The summed E-state index contributed by atoms with van der Waals surface area (Å²) in [6, 6.07) is 10.4. The number of H-pyrrole nitrogens is 2. The lowest BCUT2D eigenvalue weighted by atomic mass is 9.93. The van der Waals surface area contributed by atoms with E-state index in [0.29, 0.717) is 11.6 Å². The van der Waals surface area contributed by atoms with Crippen molar-refractivity contribution in [2.24, 2.45) is 0 Å². The number of allylic oxidation sites excluding steroid dienone is 1. The van der Waals surface area contributed by atoms with E-state index in [-0.39, 0.29) is 5.92 Å². The van der Waals surface area contributed by atoms with Crippen LogP contribution in [0.3, 0.4) is 0 Å². The zero-order valence-corrected chi connectivity index (χ0v) is 11.8. The lowest BCUT2D eigenvalue weighted by molar-refractivity contribution is 0.0768. The van der Waals surface area contributed by atoms with E-state index in [1.54, 1.807) is 6.26 Å². The zero-order chi connectivity index (χ0) is 13.8. The van der Waals surface area contributed by atoms with Crippen molar-refractivity contribution in [1.82, 2.24) is 9.97 Å². The Hall–Kier alpha value is -2.01. The van der Waals surface area contributed by atoms with Crippen LogP contribution in [0.5, 0.6) is 0 Å². The molecule has 1 aliphatic rings. The summed E-state index contributed by atoms with van der Waals surface area (Å²) >= 11 is 5.12. The first-order chi connectivity index (χ1) is 9.81. The van der Waals surface area contributed by atoms with Crippen LogP contribution in [-0.2, 0) is 15.9 Å². The normalized spacial score (nSPS) is 15.3. The summed E-state index contributed by atoms with van der Waals surface area (Å²) in [5.74, 6) is 1.16. The van der Waals surface area contributed by atoms with Crippen molar-refractivity contribution in [3.63, 3.8) is 0 Å². The van der Waals surface area contributed by atoms with Gasteiger partial charge in [-0.2, -0.15) is 0 Å². The van der Waals surface area contributed by atoms with Gasteiger partial charge in [0.2, 0.25) is 6.79 Å². The Morgan fingerprint density at radius 1 is 1.20 bits per heavy atom. The van der Waals surface area contributed by atoms with Crippen LogP contribution >= 0.6 is 12.2 Å². The average Bonchev–Trinajstić information content (AvgIpc) is 3.11. The molecular formula is C15H16N2O2S. The van der Waals surface area contributed by atoms with E-state index in [4.69, 9.17) is 21.7 Å². The highest BCUT2D eigenvalue weighted by molar-refractivity contribution is 7.71. The molecule has 2 aromatic rings. The monoisotopic (exact) mass is 288 g/mol. The summed E-state index contributed by atoms with van der Waals surface area (Å²) in [5, 5.41) is 0. The maximum atomic E-state index is 5.44. The lowest BCUT2D eigenvalue weighted by Gasteiger charge is -2.15. The van der Waals surface area contributed by atoms with Gasteiger partial charge in [0.05, 0.1) is 0 Å². The summed E-state index contributed by atoms with van der Waals surface area (Å²) in [4.78, 5) is 6.23. The number of hydrogen-bond donors (Lipinski definition) is 2. The Morgan fingerprint density at radius 3 is 2.70 bits per heavy atom. The third-order valence-corrected chi connectivity index (χ3v) is 3.58. The summed E-state index contributed by atoms with van der Waals surface area (Å²) in [7, 11) is 0. The maximum Gasteiger partial charge on any atom is 0.229 e. The topological polar surface area (TPSA) is 50.0 Å². The first kappa shape index (κ1) is 13.0. The molecule has 1 unspecified atom stereocenters. The highest BCUT2D eigenvalue weighted by atomic mass is 32.1. The SMILES string of the molecule is S=c1[nH]cc(C(CC2=COCO2)Cc2ccccc2)[nH]1. The third kappa shape index (κ3) is 3.11. The maximum absolute atomic E-state index is 5.44. The molecule has 2 heterocycles. The second kappa shape index (κ2) is 5.96. The van der Waals surface area contributed by atoms with Crippen molar-refractivity contribution in [2.45, 2.75) is 18.8 Å². The molecule has 0 radical (unpaired) electrons. The number of rotatable bonds is 5. The Labute approximate surface area is 122 Å². The van der Waals surface area contributed by atoms with Crippen LogP contribution in [0.2, 0.25) is 0 Å². The van der Waals surface area contributed by atoms with Crippen LogP contribution in [0.4, 0.5) is 0 Å². The first-order valence-electron chi connectivity index (χ1n) is 6.56. The molecule has 1 aromatic heterocycles. The minimum atomic E-state index is 0.276. The second-order valence-corrected chi connectivity index (χ2v) is 5.21. The number of aromatic amines is 2. The third-order valence-electron chi connectivity index (χ3n) is 3.36. The largest absolute Gasteiger partial charge is 0.462 e. The van der Waals surface area contributed by atoms with Gasteiger partial charge in [0.25, 0.3) is 0 Å². The smallest absolute Gasteiger partial charge is 0.229 e. The molecule has 0 bridgehead atoms. The fraction of sp³-hybridized carbons (Fsp3) is 0.267. The Morgan fingerprint density at radius 2 is 2.05 bits per heavy atom. The van der Waals surface area contributed by atoms with Gasteiger partial charge in [-0.05, 0) is 24.2 Å². The van der Waals surface area contributed by atoms with Gasteiger partial charge in [-0.3, -0.25) is 0 Å². The molecule has 0 fully saturated rings. The number of imidazole rings is 1. The van der Waals surface area contributed by atoms with E-state index >= 15 is 0 Å². The molecule has 0 spiro atoms. The predicted molar refractivity (Wildman–Crippen MR) is 78.6 cm³/mol. The van der Waals surface area contributed by atoms with Crippen molar-refractivity contribution in [3.05, 3.63) is 64.6 Å². The zero-order valence-electron chi connectivity index (χ0n) is 11.0. The first-order valence-corrected chi connectivity index (χ1v) is 6.97. The predicted octanol–water partition coefficient (Wildman–Crippen LogP) is 3.63. The minimum Gasteiger partial charge on any atom is -0.462 e. The molecule has 2 N–H and O–H groups in total. The minimum absolute atomic E-state index is 0.276. The van der Waals surface area contributed by atoms with Crippen molar-refractivity contribution < 1.29 is 9.47 Å². The van der Waals surface area contributed by atoms with E-state index in [9.17, 15) is 0 Å². The molecule has 20 heavy (non-hydrogen) atoms. The molecule has 104 valence electrons. The Balaban J connectivity index is 1.81. The van der Waals surface area contributed by atoms with Crippen molar-refractivity contribution in [2.75, 3.05) is 6.79 Å². The summed E-state index contributed by atoms with van der Waals surface area (Å²) in [5.41, 5.74) is 2.38. The number of benzene rings is 1. The van der Waals surface area contributed by atoms with E-state index in [0.717, 1.165) is 24.3 Å². The van der Waals surface area contributed by atoms with Gasteiger partial charge in [0, 0.05) is 24.2 Å². The van der Waals surface area contributed by atoms with Gasteiger partial charge in [0.15, 0.2) is 4.77 Å². The van der Waals surface area contributed by atoms with Crippen LogP contribution in [0.1, 0.15) is 23.6 Å². The average molecular weight is 288 g/mol. The number of ether oxygens (including phenoxy) is 2. The molecule has 1 aliphatic heterocycles. The molecule has 0 saturated carbocycles. The van der Waals surface area contributed by atoms with Gasteiger partial charge in [-0.15, -0.1) is 0 Å². The van der Waals surface area contributed by atoms with Crippen LogP contribution in [0, 0.1) is 4.77 Å². The van der Waals surface area contributed by atoms with E-state index in [2.05, 4.69) is 34.2 Å². The summed E-state index contributed by atoms with van der Waals surface area (Å²) in [6.45, 7) is 0.316. The molecule has 1 aromatic carbocycles. The fourth-order valence-electron chi connectivity index (χ4n) is 2.38. The molecule has 5 heteroatoms. The quantitative estimate of drug-likeness (QED) is 0.826. The van der Waals surface area contributed by atoms with Crippen molar-refractivity contribution in [3.8, 4) is 0 Å². The molecule has 3 rings (SSSR count). The van der Waals surface area contributed by atoms with Gasteiger partial charge >= 0.3 is 0 Å². The van der Waals surface area contributed by atoms with Crippen LogP contribution in [0.25, 0.3) is 0 Å². The molecule has 4 nitrogen and oxygen atoms in total. The highest BCUT2D eigenvalue weighted by Crippen LogP contribution is 2.28. The van der Waals surface area contributed by atoms with Crippen LogP contribution < -0.4 is 0 Å². The van der Waals surface area contributed by atoms with E-state index in [1.165, 1.54) is 5.56 Å². The summed E-state index contributed by atoms with van der Waals surface area (Å²) < 4.78 is 11.2. The highest BCUT2D eigenvalue weighted by Gasteiger charge is 2.19. The van der Waals surface area contributed by atoms with Crippen molar-refractivity contribution >= 4 is 12.2 Å². The molecule has 1 atom stereocenters. The van der Waals surface area contributed by atoms with E-state index in [1.807, 2.05) is 12.3 Å². The van der Waals surface area contributed by atoms with E-state index < -0.39 is 0 Å². The number of nitrogens with one attached hydrogen (secondary N) is 2. The van der Waals surface area contributed by atoms with Gasteiger partial charge in [0.1, 0.15) is 12.0 Å². The van der Waals surface area contributed by atoms with Crippen molar-refractivity contribution in [1.29, 1.82) is 0 Å². The van der Waals surface area contributed by atoms with Gasteiger partial charge < -0.3 is 19.4 Å². The molecule has 0 aliphatic carbocycles. The van der Waals surface area contributed by atoms with Gasteiger partial charge in [-0.1, -0.05) is 30.3 Å². The fourth-order valence-corrected chi connectivity index (χ4v) is 2.55. The second-order valence-electron chi connectivity index (χ2n) is 4.80. The van der Waals surface area contributed by atoms with Gasteiger partial charge in [-0.25, -0.2) is 0 Å². The Kier molecular flexibility index (Phi) is 3.87. The Bertz CT molecular complexity index is 645. The standard InChI is InChI=1S/C15H16N2O2S/c20-15-16-8-14(17-15)12(7-13-9-18-10-19-13)6-11-4-2-1-3-5-11/h1-5,8-9,12H,6-7,10H2,(H2,16,17,20). The molecular weight excluding hydrogens is 272 g/mol.